The molecule has 0 amide bonds. The molecule has 0 saturated carbocycles. The molecule has 2 heteroatoms. The first-order valence-electron chi connectivity index (χ1n) is 3.91. The molecule has 3 atom stereocenters. The smallest absolute Gasteiger partial charge is 0.0326 e. The van der Waals surface area contributed by atoms with Crippen LogP contribution in [0.15, 0.2) is 0 Å². The summed E-state index contributed by atoms with van der Waals surface area (Å²) in [4.78, 5) is 0. The highest BCUT2D eigenvalue weighted by Gasteiger charge is 2.34. The molecular formula is C9H14OS. The van der Waals surface area contributed by atoms with Crippen molar-refractivity contribution < 1.29 is 4.21 Å². The molecule has 1 nitrogen and oxygen atoms in total. The van der Waals surface area contributed by atoms with E-state index in [0.29, 0.717) is 5.92 Å². The minimum atomic E-state index is -0.614. The predicted molar refractivity (Wildman–Crippen MR) is 48.6 cm³/mol. The molecule has 11 heavy (non-hydrogen) atoms. The number of hydrogen-bond acceptors (Lipinski definition) is 1. The average Bonchev–Trinajstić information content (AvgIpc) is 1.98. The fraction of sp³-hybridized carbons (Fsp3) is 0.778. The molecule has 3 unspecified atom stereocenters. The highest BCUT2D eigenvalue weighted by Crippen LogP contribution is 2.34. The Hall–Kier alpha value is -0.290. The Morgan fingerprint density at radius 1 is 1.73 bits per heavy atom. The standard InChI is InChI=1S/C9H14OS/c1-4-9(3)5-6-11(10)7-8(9)2/h1,8H,5-7H2,2-3H3. The van der Waals surface area contributed by atoms with Crippen LogP contribution in [0.25, 0.3) is 0 Å². The van der Waals surface area contributed by atoms with Crippen LogP contribution in [0.4, 0.5) is 0 Å². The molecule has 0 aliphatic carbocycles. The van der Waals surface area contributed by atoms with Gasteiger partial charge in [0.25, 0.3) is 0 Å². The van der Waals surface area contributed by atoms with Crippen LogP contribution in [0.2, 0.25) is 0 Å². The molecule has 1 heterocycles. The molecule has 1 saturated heterocycles. The van der Waals surface area contributed by atoms with Crippen molar-refractivity contribution in [3.8, 4) is 12.3 Å². The molecule has 1 rings (SSSR count). The van der Waals surface area contributed by atoms with Gasteiger partial charge in [-0.15, -0.1) is 6.42 Å². The number of terminal acetylenes is 1. The van der Waals surface area contributed by atoms with Crippen LogP contribution in [0.5, 0.6) is 0 Å². The molecule has 1 fully saturated rings. The zero-order valence-electron chi connectivity index (χ0n) is 7.09. The van der Waals surface area contributed by atoms with E-state index in [-0.39, 0.29) is 5.41 Å². The normalized spacial score (nSPS) is 44.8. The van der Waals surface area contributed by atoms with Gasteiger partial charge in [-0.2, -0.15) is 0 Å². The van der Waals surface area contributed by atoms with E-state index < -0.39 is 10.8 Å². The SMILES string of the molecule is C#CC1(C)CCS(=O)CC1C. The zero-order chi connectivity index (χ0) is 8.48. The average molecular weight is 170 g/mol. The first kappa shape index (κ1) is 8.80. The second-order valence-corrected chi connectivity index (χ2v) is 5.14. The first-order valence-corrected chi connectivity index (χ1v) is 5.40. The van der Waals surface area contributed by atoms with E-state index in [1.54, 1.807) is 0 Å². The summed E-state index contributed by atoms with van der Waals surface area (Å²) < 4.78 is 11.1. The van der Waals surface area contributed by atoms with Crippen molar-refractivity contribution in [1.29, 1.82) is 0 Å². The largest absolute Gasteiger partial charge is 0.260 e. The van der Waals surface area contributed by atoms with Crippen molar-refractivity contribution in [2.75, 3.05) is 11.5 Å². The van der Waals surface area contributed by atoms with Crippen LogP contribution < -0.4 is 0 Å². The van der Waals surface area contributed by atoms with Gasteiger partial charge in [-0.05, 0) is 19.3 Å². The highest BCUT2D eigenvalue weighted by atomic mass is 32.2. The summed E-state index contributed by atoms with van der Waals surface area (Å²) in [6.07, 6.45) is 6.34. The molecule has 0 aromatic carbocycles. The van der Waals surface area contributed by atoms with E-state index in [0.717, 1.165) is 17.9 Å². The van der Waals surface area contributed by atoms with Gasteiger partial charge >= 0.3 is 0 Å². The molecule has 0 N–H and O–H groups in total. The van der Waals surface area contributed by atoms with E-state index in [4.69, 9.17) is 6.42 Å². The van der Waals surface area contributed by atoms with E-state index >= 15 is 0 Å². The highest BCUT2D eigenvalue weighted by molar-refractivity contribution is 7.85. The van der Waals surface area contributed by atoms with E-state index in [1.807, 2.05) is 0 Å². The Labute approximate surface area is 71.0 Å². The Morgan fingerprint density at radius 2 is 2.36 bits per heavy atom. The summed E-state index contributed by atoms with van der Waals surface area (Å²) in [5.74, 6) is 4.78. The Kier molecular flexibility index (Phi) is 2.39. The van der Waals surface area contributed by atoms with Crippen molar-refractivity contribution in [2.24, 2.45) is 11.3 Å². The van der Waals surface area contributed by atoms with E-state index in [1.165, 1.54) is 0 Å². The topological polar surface area (TPSA) is 17.1 Å². The van der Waals surface area contributed by atoms with Gasteiger partial charge in [0.1, 0.15) is 0 Å². The summed E-state index contributed by atoms with van der Waals surface area (Å²) >= 11 is 0. The fourth-order valence-electron chi connectivity index (χ4n) is 1.33. The molecule has 0 aromatic rings. The van der Waals surface area contributed by atoms with Crippen LogP contribution in [0.3, 0.4) is 0 Å². The van der Waals surface area contributed by atoms with Gasteiger partial charge in [0.05, 0.1) is 0 Å². The van der Waals surface area contributed by atoms with Crippen LogP contribution >= 0.6 is 0 Å². The van der Waals surface area contributed by atoms with Crippen LogP contribution in [-0.2, 0) is 10.8 Å². The molecule has 0 spiro atoms. The number of hydrogen-bond donors (Lipinski definition) is 0. The Balaban J connectivity index is 2.73. The van der Waals surface area contributed by atoms with Crippen molar-refractivity contribution in [3.05, 3.63) is 0 Å². The second kappa shape index (κ2) is 2.98. The lowest BCUT2D eigenvalue weighted by Gasteiger charge is -2.34. The summed E-state index contributed by atoms with van der Waals surface area (Å²) in [6.45, 7) is 4.19. The summed E-state index contributed by atoms with van der Waals surface area (Å²) in [6, 6.07) is 0. The Bertz CT molecular complexity index is 216. The monoisotopic (exact) mass is 170 g/mol. The van der Waals surface area contributed by atoms with Gasteiger partial charge in [0, 0.05) is 27.7 Å². The van der Waals surface area contributed by atoms with Crippen molar-refractivity contribution in [2.45, 2.75) is 20.3 Å². The maximum absolute atomic E-state index is 11.1. The lowest BCUT2D eigenvalue weighted by atomic mass is 9.77. The molecule has 0 radical (unpaired) electrons. The predicted octanol–water partition coefficient (Wildman–Crippen LogP) is 1.41. The molecule has 62 valence electrons. The van der Waals surface area contributed by atoms with Gasteiger partial charge < -0.3 is 0 Å². The zero-order valence-corrected chi connectivity index (χ0v) is 7.91. The maximum Gasteiger partial charge on any atom is 0.0326 e. The van der Waals surface area contributed by atoms with Gasteiger partial charge in [-0.1, -0.05) is 12.8 Å². The molecule has 0 bridgehead atoms. The Morgan fingerprint density at radius 3 is 2.82 bits per heavy atom. The van der Waals surface area contributed by atoms with Gasteiger partial charge in [0.2, 0.25) is 0 Å². The summed E-state index contributed by atoms with van der Waals surface area (Å²) in [7, 11) is -0.614. The maximum atomic E-state index is 11.1. The third kappa shape index (κ3) is 1.65. The quantitative estimate of drug-likeness (QED) is 0.502. The summed E-state index contributed by atoms with van der Waals surface area (Å²) in [5.41, 5.74) is -0.00604. The lowest BCUT2D eigenvalue weighted by Crippen LogP contribution is -2.35. The van der Waals surface area contributed by atoms with Crippen LogP contribution in [-0.4, -0.2) is 15.7 Å². The van der Waals surface area contributed by atoms with E-state index in [2.05, 4.69) is 19.8 Å². The third-order valence-electron chi connectivity index (χ3n) is 2.70. The third-order valence-corrected chi connectivity index (χ3v) is 4.23. The molecular weight excluding hydrogens is 156 g/mol. The molecule has 1 aliphatic heterocycles. The first-order chi connectivity index (χ1) is 5.08. The minimum Gasteiger partial charge on any atom is -0.260 e. The van der Waals surface area contributed by atoms with Gasteiger partial charge in [-0.3, -0.25) is 4.21 Å². The van der Waals surface area contributed by atoms with Crippen molar-refractivity contribution >= 4 is 10.8 Å². The van der Waals surface area contributed by atoms with Crippen LogP contribution in [0.1, 0.15) is 20.3 Å². The van der Waals surface area contributed by atoms with Crippen molar-refractivity contribution in [1.82, 2.24) is 0 Å². The van der Waals surface area contributed by atoms with Crippen molar-refractivity contribution in [3.63, 3.8) is 0 Å². The van der Waals surface area contributed by atoms with Gasteiger partial charge in [-0.25, -0.2) is 0 Å². The fourth-order valence-corrected chi connectivity index (χ4v) is 3.08. The molecule has 1 aliphatic rings. The minimum absolute atomic E-state index is 0.00604. The second-order valence-electron chi connectivity index (χ2n) is 3.52. The lowest BCUT2D eigenvalue weighted by molar-refractivity contribution is 0.297. The summed E-state index contributed by atoms with van der Waals surface area (Å²) in [5, 5.41) is 0. The molecule has 0 aromatic heterocycles. The van der Waals surface area contributed by atoms with Crippen LogP contribution in [0, 0.1) is 23.7 Å². The number of rotatable bonds is 0. The van der Waals surface area contributed by atoms with Gasteiger partial charge in [0.15, 0.2) is 0 Å². The van der Waals surface area contributed by atoms with E-state index in [9.17, 15) is 4.21 Å².